The Bertz CT molecular complexity index is 1660. The van der Waals surface area contributed by atoms with Gasteiger partial charge in [0.05, 0.1) is 58.5 Å². The molecule has 0 atom stereocenters. The van der Waals surface area contributed by atoms with E-state index in [1.165, 1.54) is 25.7 Å². The van der Waals surface area contributed by atoms with Gasteiger partial charge in [-0.3, -0.25) is 9.97 Å². The van der Waals surface area contributed by atoms with Gasteiger partial charge in [0, 0.05) is 20.6 Å². The number of nitrogens with one attached hydrogen (secondary N) is 2. The fourth-order valence-electron chi connectivity index (χ4n) is 4.97. The molecule has 11 nitrogen and oxygen atoms in total. The first kappa shape index (κ1) is 28.3. The first-order chi connectivity index (χ1) is 20.3. The predicted molar refractivity (Wildman–Crippen MR) is 169 cm³/mol. The van der Waals surface area contributed by atoms with Crippen molar-refractivity contribution in [3.8, 4) is 16.3 Å². The van der Waals surface area contributed by atoms with E-state index >= 15 is 0 Å². The minimum atomic E-state index is -1.17. The number of rotatable bonds is 11. The Kier molecular flexibility index (Phi) is 8.22. The van der Waals surface area contributed by atoms with Crippen molar-refractivity contribution < 1.29 is 4.74 Å². The van der Waals surface area contributed by atoms with Crippen LogP contribution < -0.4 is 10.6 Å². The Morgan fingerprint density at radius 3 is 2.52 bits per heavy atom. The highest BCUT2D eigenvalue weighted by Crippen LogP contribution is 2.39. The van der Waals surface area contributed by atoms with Crippen LogP contribution >= 0.6 is 11.3 Å². The smallest absolute Gasteiger partial charge is 0.151 e. The lowest BCUT2D eigenvalue weighted by molar-refractivity contribution is 0.165. The topological polar surface area (TPSA) is 128 Å². The monoisotopic (exact) mass is 600 g/mol. The molecule has 1 aliphatic rings. The van der Waals surface area contributed by atoms with Crippen LogP contribution in [-0.2, 0) is 4.74 Å². The fourth-order valence-corrected chi connectivity index (χ4v) is 6.75. The molecule has 6 rings (SSSR count). The molecule has 2 N–H and O–H groups in total. The minimum Gasteiger partial charge on any atom is -0.362 e. The highest BCUT2D eigenvalue weighted by molar-refractivity contribution is 7.14. The van der Waals surface area contributed by atoms with Gasteiger partial charge in [-0.2, -0.15) is 10.2 Å². The molecule has 5 heterocycles. The molecule has 218 valence electrons. The van der Waals surface area contributed by atoms with Gasteiger partial charge in [0.25, 0.3) is 0 Å². The Labute approximate surface area is 250 Å². The quantitative estimate of drug-likeness (QED) is 0.0977. The number of ether oxygens (including phenoxy) is 1. The zero-order valence-electron chi connectivity index (χ0n) is 24.5. The van der Waals surface area contributed by atoms with E-state index in [4.69, 9.17) is 14.7 Å². The third-order valence-electron chi connectivity index (χ3n) is 7.36. The highest BCUT2D eigenvalue weighted by atomic mass is 32.1. The minimum absolute atomic E-state index is 0.370. The van der Waals surface area contributed by atoms with E-state index in [-0.39, 0.29) is 0 Å². The number of anilines is 3. The zero-order chi connectivity index (χ0) is 29.1. The lowest BCUT2D eigenvalue weighted by atomic mass is 10.1. The van der Waals surface area contributed by atoms with Crippen LogP contribution in [0.1, 0.15) is 42.3 Å². The Hall–Kier alpha value is -3.81. The first-order valence-electron chi connectivity index (χ1n) is 14.4. The summed E-state index contributed by atoms with van der Waals surface area (Å²) in [6, 6.07) is 7.10. The second-order valence-electron chi connectivity index (χ2n) is 11.9. The third-order valence-corrected chi connectivity index (χ3v) is 10.2. The van der Waals surface area contributed by atoms with Gasteiger partial charge in [0.1, 0.15) is 23.2 Å². The van der Waals surface area contributed by atoms with Crippen molar-refractivity contribution in [1.29, 1.82) is 0 Å². The average molecular weight is 601 g/mol. The lowest BCUT2D eigenvalue weighted by Gasteiger charge is -2.16. The highest BCUT2D eigenvalue weighted by Gasteiger charge is 2.23. The van der Waals surface area contributed by atoms with E-state index in [2.05, 4.69) is 55.7 Å². The van der Waals surface area contributed by atoms with E-state index in [9.17, 15) is 0 Å². The Balaban J connectivity index is 1.28. The van der Waals surface area contributed by atoms with Gasteiger partial charge in [-0.15, -0.1) is 15.0 Å². The van der Waals surface area contributed by atoms with Crippen LogP contribution in [0.4, 0.5) is 17.2 Å². The number of hydrogen-bond donors (Lipinski definition) is 2. The number of fused-ring (bicyclic) bond motifs is 1. The Morgan fingerprint density at radius 2 is 1.74 bits per heavy atom. The maximum absolute atomic E-state index is 5.96. The van der Waals surface area contributed by atoms with Crippen molar-refractivity contribution in [2.75, 3.05) is 24.0 Å². The van der Waals surface area contributed by atoms with Crippen LogP contribution in [0.15, 0.2) is 43.0 Å². The molecule has 0 amide bonds. The fraction of sp³-hybridized carbons (Fsp3) is 0.414. The molecular formula is C29H36N10OSSi. The Morgan fingerprint density at radius 1 is 0.976 bits per heavy atom. The molecule has 1 saturated carbocycles. The molecule has 0 unspecified atom stereocenters. The van der Waals surface area contributed by atoms with Crippen molar-refractivity contribution in [2.45, 2.75) is 64.2 Å². The summed E-state index contributed by atoms with van der Waals surface area (Å²) in [7, 11) is -1.17. The summed E-state index contributed by atoms with van der Waals surface area (Å²) in [5.41, 5.74) is 5.65. The molecule has 5 aromatic rings. The lowest BCUT2D eigenvalue weighted by Crippen LogP contribution is -2.22. The predicted octanol–water partition coefficient (Wildman–Crippen LogP) is 6.56. The first-order valence-corrected chi connectivity index (χ1v) is 18.9. The summed E-state index contributed by atoms with van der Waals surface area (Å²) in [5.74, 6) is 1.23. The van der Waals surface area contributed by atoms with Crippen LogP contribution in [0.5, 0.6) is 0 Å². The van der Waals surface area contributed by atoms with Gasteiger partial charge < -0.3 is 15.4 Å². The van der Waals surface area contributed by atoms with Gasteiger partial charge in [-0.05, 0) is 44.0 Å². The summed E-state index contributed by atoms with van der Waals surface area (Å²) in [4.78, 5) is 15.8. The van der Waals surface area contributed by atoms with Crippen molar-refractivity contribution >= 4 is 47.6 Å². The molecule has 0 aliphatic heterocycles. The molecule has 0 spiro atoms. The summed E-state index contributed by atoms with van der Waals surface area (Å²) >= 11 is 1.66. The number of aromatic nitrogens is 8. The van der Waals surface area contributed by atoms with Gasteiger partial charge in [-0.1, -0.05) is 43.8 Å². The van der Waals surface area contributed by atoms with E-state index in [0.29, 0.717) is 18.5 Å². The molecule has 1 aliphatic carbocycles. The number of pyridine rings is 3. The molecular weight excluding hydrogens is 565 g/mol. The number of hydrogen-bond acceptors (Lipinski definition) is 11. The standard InChI is InChI=1S/C29H36N10OSSi/c1-19-26(39-33-9-10-34-39)14-22(16-30-19)35-21-13-25-24(31-17-21)15-23(27(36-25)32-18-40-11-12-42(2,3)4)29-38-37-28(41-29)20-7-5-6-8-20/h9-10,13-17,20,35H,5-8,11-12,18H2,1-4H3,(H,32,36). The number of aryl methyl sites for hydroxylation is 1. The van der Waals surface area contributed by atoms with Crippen LogP contribution in [0, 0.1) is 6.92 Å². The van der Waals surface area contributed by atoms with Crippen molar-refractivity contribution in [3.63, 3.8) is 0 Å². The summed E-state index contributed by atoms with van der Waals surface area (Å²) in [5, 5.41) is 26.4. The SMILES string of the molecule is Cc1ncc(Nc2cnc3cc(-c4nnc(C5CCCC5)s4)c(NCOCC[Si](C)(C)C)nc3c2)cc1-n1nccn1. The molecule has 42 heavy (non-hydrogen) atoms. The maximum Gasteiger partial charge on any atom is 0.151 e. The van der Waals surface area contributed by atoms with Gasteiger partial charge >= 0.3 is 0 Å². The zero-order valence-corrected chi connectivity index (χ0v) is 26.3. The van der Waals surface area contributed by atoms with Crippen LogP contribution in [0.25, 0.3) is 27.3 Å². The molecule has 1 fully saturated rings. The van der Waals surface area contributed by atoms with Crippen LogP contribution in [0.2, 0.25) is 25.7 Å². The molecule has 0 bridgehead atoms. The molecule has 0 aromatic carbocycles. The van der Waals surface area contributed by atoms with Crippen molar-refractivity contribution in [3.05, 3.63) is 53.7 Å². The van der Waals surface area contributed by atoms with Gasteiger partial charge in [0.2, 0.25) is 0 Å². The molecule has 0 saturated heterocycles. The molecule has 0 radical (unpaired) electrons. The largest absolute Gasteiger partial charge is 0.362 e. The van der Waals surface area contributed by atoms with Gasteiger partial charge in [-0.25, -0.2) is 4.98 Å². The molecule has 13 heteroatoms. The maximum atomic E-state index is 5.96. The normalized spacial score (nSPS) is 14.1. The van der Waals surface area contributed by atoms with Crippen molar-refractivity contribution in [2.24, 2.45) is 0 Å². The van der Waals surface area contributed by atoms with E-state index < -0.39 is 8.07 Å². The summed E-state index contributed by atoms with van der Waals surface area (Å²) in [6.45, 7) is 10.1. The van der Waals surface area contributed by atoms with Crippen LogP contribution in [0.3, 0.4) is 0 Å². The number of nitrogens with zero attached hydrogens (tertiary/aromatic N) is 8. The summed E-state index contributed by atoms with van der Waals surface area (Å²) < 4.78 is 5.96. The summed E-state index contributed by atoms with van der Waals surface area (Å²) in [6.07, 6.45) is 11.8. The second-order valence-corrected chi connectivity index (χ2v) is 18.5. The second kappa shape index (κ2) is 12.2. The third kappa shape index (κ3) is 6.63. The van der Waals surface area contributed by atoms with Crippen molar-refractivity contribution in [1.82, 2.24) is 40.1 Å². The van der Waals surface area contributed by atoms with E-state index in [1.807, 2.05) is 25.1 Å². The van der Waals surface area contributed by atoms with E-state index in [0.717, 1.165) is 62.0 Å². The van der Waals surface area contributed by atoms with Gasteiger partial charge in [0.15, 0.2) is 5.01 Å². The average Bonchev–Trinajstić information content (AvgIpc) is 3.76. The van der Waals surface area contributed by atoms with Crippen LogP contribution in [-0.4, -0.2) is 61.6 Å². The molecule has 5 aromatic heterocycles. The van der Waals surface area contributed by atoms with E-state index in [1.54, 1.807) is 40.9 Å².